The molecule has 2 heterocycles. The largest absolute Gasteiger partial charge is 0.481 e. The van der Waals surface area contributed by atoms with E-state index in [4.69, 9.17) is 21.3 Å². The summed E-state index contributed by atoms with van der Waals surface area (Å²) in [6.07, 6.45) is 7.92. The number of unbranched alkanes of at least 4 members (excludes halogenated alkanes) is 2. The van der Waals surface area contributed by atoms with Crippen LogP contribution in [0.2, 0.25) is 5.02 Å². The smallest absolute Gasteiger partial charge is 0.309 e. The molecule has 1 fully saturated rings. The second-order valence-electron chi connectivity index (χ2n) is 10.1. The van der Waals surface area contributed by atoms with Gasteiger partial charge in [0.15, 0.2) is 0 Å². The first kappa shape index (κ1) is 25.3. The summed E-state index contributed by atoms with van der Waals surface area (Å²) in [4.78, 5) is 29.5. The SMILES string of the molecule is CCCCCn1c(O[C@H]2CC[C@H](C(C)(C)C(=O)O)CC2)cc(=O)n2cc(-c3ccc(Cl)cc3)nc12. The van der Waals surface area contributed by atoms with E-state index >= 15 is 0 Å². The van der Waals surface area contributed by atoms with Crippen LogP contribution in [0.1, 0.15) is 65.7 Å². The molecular formula is C27H34ClN3O4. The molecule has 0 atom stereocenters. The normalized spacial score (nSPS) is 18.6. The van der Waals surface area contributed by atoms with Gasteiger partial charge in [0.2, 0.25) is 11.7 Å². The summed E-state index contributed by atoms with van der Waals surface area (Å²) >= 11 is 6.04. The number of imidazole rings is 1. The average molecular weight is 500 g/mol. The number of halogens is 1. The van der Waals surface area contributed by atoms with E-state index in [1.807, 2.05) is 28.8 Å². The molecule has 0 aliphatic heterocycles. The summed E-state index contributed by atoms with van der Waals surface area (Å²) in [6.45, 7) is 6.46. The molecule has 1 aromatic carbocycles. The minimum atomic E-state index is -0.757. The number of aryl methyl sites for hydroxylation is 1. The lowest BCUT2D eigenvalue weighted by atomic mass is 9.70. The molecule has 7 nitrogen and oxygen atoms in total. The number of aromatic nitrogens is 3. The van der Waals surface area contributed by atoms with Crippen LogP contribution in [0.5, 0.6) is 5.88 Å². The van der Waals surface area contributed by atoms with Crippen LogP contribution in [0.15, 0.2) is 41.3 Å². The van der Waals surface area contributed by atoms with Crippen molar-refractivity contribution in [1.29, 1.82) is 0 Å². The molecule has 0 bridgehead atoms. The summed E-state index contributed by atoms with van der Waals surface area (Å²) in [7, 11) is 0. The highest BCUT2D eigenvalue weighted by molar-refractivity contribution is 6.30. The van der Waals surface area contributed by atoms with Crippen molar-refractivity contribution in [3.63, 3.8) is 0 Å². The Hall–Kier alpha value is -2.80. The average Bonchev–Trinajstić information content (AvgIpc) is 3.28. The number of nitrogens with zero attached hydrogens (tertiary/aromatic N) is 3. The standard InChI is InChI=1S/C27H34ClN3O4/c1-4-5-6-15-30-24(35-21-13-9-19(10-14-21)27(2,3)25(33)34)16-23(32)31-17-22(29-26(30)31)18-7-11-20(28)12-8-18/h7-8,11-12,16-17,19,21H,4-6,9-10,13-15H2,1-3H3,(H,33,34)/t19-,21-. The molecule has 2 aromatic heterocycles. The Kier molecular flexibility index (Phi) is 7.55. The Labute approximate surface area is 210 Å². The van der Waals surface area contributed by atoms with Crippen molar-refractivity contribution in [1.82, 2.24) is 14.0 Å². The van der Waals surface area contributed by atoms with Gasteiger partial charge >= 0.3 is 5.97 Å². The minimum Gasteiger partial charge on any atom is -0.481 e. The number of rotatable bonds is 9. The molecule has 0 saturated heterocycles. The van der Waals surface area contributed by atoms with Gasteiger partial charge in [-0.3, -0.25) is 18.6 Å². The van der Waals surface area contributed by atoms with Gasteiger partial charge in [-0.2, -0.15) is 0 Å². The molecule has 0 amide bonds. The van der Waals surface area contributed by atoms with Crippen LogP contribution in [0.25, 0.3) is 17.0 Å². The zero-order chi connectivity index (χ0) is 25.2. The topological polar surface area (TPSA) is 85.8 Å². The number of hydrogen-bond donors (Lipinski definition) is 1. The van der Waals surface area contributed by atoms with Crippen LogP contribution >= 0.6 is 11.6 Å². The lowest BCUT2D eigenvalue weighted by molar-refractivity contribution is -0.151. The highest BCUT2D eigenvalue weighted by Crippen LogP contribution is 2.39. The quantitative estimate of drug-likeness (QED) is 0.362. The van der Waals surface area contributed by atoms with Gasteiger partial charge in [-0.25, -0.2) is 4.98 Å². The monoisotopic (exact) mass is 499 g/mol. The molecule has 8 heteroatoms. The molecular weight excluding hydrogens is 466 g/mol. The van der Waals surface area contributed by atoms with E-state index in [-0.39, 0.29) is 17.6 Å². The van der Waals surface area contributed by atoms with Gasteiger partial charge in [-0.05, 0) is 64.0 Å². The number of carboxylic acids is 1. The van der Waals surface area contributed by atoms with Crippen molar-refractivity contribution in [2.24, 2.45) is 11.3 Å². The van der Waals surface area contributed by atoms with Gasteiger partial charge in [-0.15, -0.1) is 0 Å². The highest BCUT2D eigenvalue weighted by atomic mass is 35.5. The van der Waals surface area contributed by atoms with E-state index in [0.717, 1.165) is 50.5 Å². The van der Waals surface area contributed by atoms with Crippen molar-refractivity contribution in [3.05, 3.63) is 51.9 Å². The number of hydrogen-bond acceptors (Lipinski definition) is 4. The molecule has 4 rings (SSSR count). The third kappa shape index (κ3) is 5.40. The van der Waals surface area contributed by atoms with E-state index < -0.39 is 11.4 Å². The summed E-state index contributed by atoms with van der Waals surface area (Å²) < 4.78 is 9.99. The van der Waals surface area contributed by atoms with E-state index in [0.29, 0.717) is 28.9 Å². The molecule has 0 unspecified atom stereocenters. The van der Waals surface area contributed by atoms with Crippen LogP contribution in [0.4, 0.5) is 0 Å². The summed E-state index contributed by atoms with van der Waals surface area (Å²) in [5.74, 6) is 0.457. The molecule has 1 saturated carbocycles. The van der Waals surface area contributed by atoms with Gasteiger partial charge < -0.3 is 9.84 Å². The van der Waals surface area contributed by atoms with Gasteiger partial charge in [0.05, 0.1) is 17.2 Å². The number of aliphatic carboxylic acids is 1. The second kappa shape index (κ2) is 10.4. The summed E-state index contributed by atoms with van der Waals surface area (Å²) in [5, 5.41) is 10.2. The molecule has 1 aliphatic rings. The third-order valence-corrected chi connectivity index (χ3v) is 7.59. The summed E-state index contributed by atoms with van der Waals surface area (Å²) in [5.41, 5.74) is 0.659. The van der Waals surface area contributed by atoms with Crippen molar-refractivity contribution >= 4 is 23.3 Å². The van der Waals surface area contributed by atoms with Gasteiger partial charge in [-0.1, -0.05) is 43.5 Å². The Balaban J connectivity index is 1.63. The van der Waals surface area contributed by atoms with Gasteiger partial charge in [0, 0.05) is 23.3 Å². The molecule has 1 aliphatic carbocycles. The first-order chi connectivity index (χ1) is 16.7. The van der Waals surface area contributed by atoms with E-state index in [2.05, 4.69) is 6.92 Å². The Morgan fingerprint density at radius 1 is 1.17 bits per heavy atom. The van der Waals surface area contributed by atoms with E-state index in [1.54, 1.807) is 30.5 Å². The fourth-order valence-corrected chi connectivity index (χ4v) is 5.04. The van der Waals surface area contributed by atoms with Crippen LogP contribution in [-0.4, -0.2) is 31.1 Å². The van der Waals surface area contributed by atoms with E-state index in [9.17, 15) is 14.7 Å². The lowest BCUT2D eigenvalue weighted by Gasteiger charge is -2.36. The van der Waals surface area contributed by atoms with Crippen LogP contribution in [-0.2, 0) is 11.3 Å². The highest BCUT2D eigenvalue weighted by Gasteiger charge is 2.39. The van der Waals surface area contributed by atoms with Crippen molar-refractivity contribution < 1.29 is 14.6 Å². The predicted molar refractivity (Wildman–Crippen MR) is 137 cm³/mol. The van der Waals surface area contributed by atoms with Crippen LogP contribution < -0.4 is 10.3 Å². The maximum atomic E-state index is 13.0. The number of ether oxygens (including phenoxy) is 1. The maximum absolute atomic E-state index is 13.0. The first-order valence-corrected chi connectivity index (χ1v) is 12.9. The first-order valence-electron chi connectivity index (χ1n) is 12.5. The predicted octanol–water partition coefficient (Wildman–Crippen LogP) is 6.06. The van der Waals surface area contributed by atoms with Crippen molar-refractivity contribution in [2.45, 2.75) is 78.4 Å². The molecule has 1 N–H and O–H groups in total. The van der Waals surface area contributed by atoms with E-state index in [1.165, 1.54) is 0 Å². The fourth-order valence-electron chi connectivity index (χ4n) is 4.91. The maximum Gasteiger partial charge on any atom is 0.309 e. The number of fused-ring (bicyclic) bond motifs is 1. The third-order valence-electron chi connectivity index (χ3n) is 7.34. The second-order valence-corrected chi connectivity index (χ2v) is 10.5. The number of carboxylic acid groups (broad SMARTS) is 1. The molecule has 0 spiro atoms. The van der Waals surface area contributed by atoms with Crippen molar-refractivity contribution in [3.8, 4) is 17.1 Å². The van der Waals surface area contributed by atoms with Crippen molar-refractivity contribution in [2.75, 3.05) is 0 Å². The Morgan fingerprint density at radius 2 is 1.86 bits per heavy atom. The number of carbonyl (C=O) groups is 1. The molecule has 188 valence electrons. The minimum absolute atomic E-state index is 0.0548. The lowest BCUT2D eigenvalue weighted by Crippen LogP contribution is -2.37. The molecule has 3 aromatic rings. The Bertz CT molecular complexity index is 1240. The van der Waals surface area contributed by atoms with Crippen LogP contribution in [0.3, 0.4) is 0 Å². The van der Waals surface area contributed by atoms with Crippen LogP contribution in [0, 0.1) is 11.3 Å². The summed E-state index contributed by atoms with van der Waals surface area (Å²) in [6, 6.07) is 8.96. The fraction of sp³-hybridized carbons (Fsp3) is 0.519. The molecule has 0 radical (unpaired) electrons. The number of benzene rings is 1. The zero-order valence-electron chi connectivity index (χ0n) is 20.7. The van der Waals surface area contributed by atoms with Gasteiger partial charge in [0.25, 0.3) is 5.56 Å². The Morgan fingerprint density at radius 3 is 2.49 bits per heavy atom. The van der Waals surface area contributed by atoms with Gasteiger partial charge in [0.1, 0.15) is 6.10 Å². The zero-order valence-corrected chi connectivity index (χ0v) is 21.4. The molecule has 35 heavy (non-hydrogen) atoms.